The highest BCUT2D eigenvalue weighted by molar-refractivity contribution is 7.16. The quantitative estimate of drug-likeness (QED) is 0.651. The van der Waals surface area contributed by atoms with Crippen LogP contribution in [0.4, 0.5) is 5.00 Å². The molecule has 3 aromatic rings. The molecule has 146 valence electrons. The standard InChI is InChI=1S/C22H25N3O2S/c1-15-7-10-25(11-8-15)20(17-5-3-9-23-14-17)18-13-16(2)28-22(18)24-21(26)19-6-4-12-27-19/h3-6,9,12-15,20H,7-8,10-11H2,1-2H3,(H,24,26)/t20-/m1/s1. The molecule has 0 radical (unpaired) electrons. The minimum Gasteiger partial charge on any atom is -0.459 e. The van der Waals surface area contributed by atoms with Gasteiger partial charge in [0, 0.05) is 22.8 Å². The SMILES string of the molecule is Cc1cc([C@@H](c2cccnc2)N2CCC(C)CC2)c(NC(=O)c2ccco2)s1. The van der Waals surface area contributed by atoms with E-state index in [9.17, 15) is 4.79 Å². The van der Waals surface area contributed by atoms with E-state index in [0.29, 0.717) is 5.76 Å². The van der Waals surface area contributed by atoms with Crippen molar-refractivity contribution in [3.05, 3.63) is 70.8 Å². The average molecular weight is 396 g/mol. The summed E-state index contributed by atoms with van der Waals surface area (Å²) in [4.78, 5) is 20.6. The third-order valence-corrected chi connectivity index (χ3v) is 6.32. The molecule has 0 bridgehead atoms. The lowest BCUT2D eigenvalue weighted by Gasteiger charge is -2.37. The number of aryl methyl sites for hydroxylation is 1. The summed E-state index contributed by atoms with van der Waals surface area (Å²) < 4.78 is 5.26. The van der Waals surface area contributed by atoms with E-state index >= 15 is 0 Å². The molecule has 0 aliphatic carbocycles. The van der Waals surface area contributed by atoms with Crippen molar-refractivity contribution in [1.29, 1.82) is 0 Å². The maximum Gasteiger partial charge on any atom is 0.291 e. The molecule has 1 aliphatic rings. The van der Waals surface area contributed by atoms with Crippen molar-refractivity contribution in [2.24, 2.45) is 5.92 Å². The van der Waals surface area contributed by atoms with E-state index in [-0.39, 0.29) is 11.9 Å². The Kier molecular flexibility index (Phi) is 5.59. The fourth-order valence-corrected chi connectivity index (χ4v) is 4.76. The van der Waals surface area contributed by atoms with E-state index in [2.05, 4.69) is 41.2 Å². The fraction of sp³-hybridized carbons (Fsp3) is 0.364. The number of anilines is 1. The van der Waals surface area contributed by atoms with Crippen LogP contribution in [0.25, 0.3) is 0 Å². The number of amides is 1. The van der Waals surface area contributed by atoms with Gasteiger partial charge < -0.3 is 9.73 Å². The molecule has 1 amide bonds. The Bertz CT molecular complexity index is 913. The predicted molar refractivity (Wildman–Crippen MR) is 112 cm³/mol. The van der Waals surface area contributed by atoms with Crippen molar-refractivity contribution < 1.29 is 9.21 Å². The fourth-order valence-electron chi connectivity index (χ4n) is 3.82. The zero-order valence-electron chi connectivity index (χ0n) is 16.2. The number of aromatic nitrogens is 1. The average Bonchev–Trinajstić information content (AvgIpc) is 3.35. The first-order chi connectivity index (χ1) is 13.6. The largest absolute Gasteiger partial charge is 0.459 e. The number of hydrogen-bond acceptors (Lipinski definition) is 5. The van der Waals surface area contributed by atoms with E-state index in [1.54, 1.807) is 29.7 Å². The van der Waals surface area contributed by atoms with Gasteiger partial charge in [-0.1, -0.05) is 13.0 Å². The summed E-state index contributed by atoms with van der Waals surface area (Å²) in [6, 6.07) is 9.79. The molecule has 4 heterocycles. The summed E-state index contributed by atoms with van der Waals surface area (Å²) in [5.41, 5.74) is 2.29. The monoisotopic (exact) mass is 395 g/mol. The highest BCUT2D eigenvalue weighted by Crippen LogP contribution is 2.40. The van der Waals surface area contributed by atoms with E-state index in [0.717, 1.165) is 35.1 Å². The molecule has 1 fully saturated rings. The summed E-state index contributed by atoms with van der Waals surface area (Å²) in [6.07, 6.45) is 7.63. The Labute approximate surface area is 169 Å². The zero-order chi connectivity index (χ0) is 19.5. The number of rotatable bonds is 5. The molecular weight excluding hydrogens is 370 g/mol. The second-order valence-electron chi connectivity index (χ2n) is 7.48. The van der Waals surface area contributed by atoms with Crippen molar-refractivity contribution in [2.75, 3.05) is 18.4 Å². The van der Waals surface area contributed by atoms with E-state index in [1.165, 1.54) is 24.0 Å². The number of piperidine rings is 1. The number of pyridine rings is 1. The van der Waals surface area contributed by atoms with Crippen molar-refractivity contribution in [3.8, 4) is 0 Å². The topological polar surface area (TPSA) is 58.4 Å². The van der Waals surface area contributed by atoms with E-state index in [4.69, 9.17) is 4.42 Å². The van der Waals surface area contributed by atoms with Crippen LogP contribution in [0.15, 0.2) is 53.4 Å². The lowest BCUT2D eigenvalue weighted by molar-refractivity contribution is 0.0996. The Hall–Kier alpha value is -2.44. The molecule has 6 heteroatoms. The van der Waals surface area contributed by atoms with Gasteiger partial charge in [0.25, 0.3) is 5.91 Å². The lowest BCUT2D eigenvalue weighted by atomic mass is 9.93. The van der Waals surface area contributed by atoms with Crippen LogP contribution in [0.5, 0.6) is 0 Å². The van der Waals surface area contributed by atoms with Gasteiger partial charge in [0.15, 0.2) is 5.76 Å². The minimum absolute atomic E-state index is 0.0815. The van der Waals surface area contributed by atoms with Gasteiger partial charge in [-0.05, 0) is 68.6 Å². The highest BCUT2D eigenvalue weighted by Gasteiger charge is 2.29. The molecule has 1 N–H and O–H groups in total. The van der Waals surface area contributed by atoms with Crippen molar-refractivity contribution in [3.63, 3.8) is 0 Å². The van der Waals surface area contributed by atoms with Crippen LogP contribution >= 0.6 is 11.3 Å². The van der Waals surface area contributed by atoms with Gasteiger partial charge in [-0.3, -0.25) is 14.7 Å². The second-order valence-corrected chi connectivity index (χ2v) is 8.74. The maximum atomic E-state index is 12.6. The van der Waals surface area contributed by atoms with Gasteiger partial charge >= 0.3 is 0 Å². The lowest BCUT2D eigenvalue weighted by Crippen LogP contribution is -2.37. The molecule has 4 rings (SSSR count). The number of furan rings is 1. The van der Waals surface area contributed by atoms with Gasteiger partial charge in [-0.25, -0.2) is 0 Å². The molecule has 1 saturated heterocycles. The van der Waals surface area contributed by atoms with Gasteiger partial charge in [0.05, 0.1) is 12.3 Å². The van der Waals surface area contributed by atoms with Crippen LogP contribution in [0, 0.1) is 12.8 Å². The number of carbonyl (C=O) groups excluding carboxylic acids is 1. The second kappa shape index (κ2) is 8.29. The van der Waals surface area contributed by atoms with Crippen LogP contribution in [0.3, 0.4) is 0 Å². The molecule has 0 saturated carbocycles. The zero-order valence-corrected chi connectivity index (χ0v) is 17.0. The Morgan fingerprint density at radius 1 is 1.32 bits per heavy atom. The first-order valence-electron chi connectivity index (χ1n) is 9.71. The molecule has 1 atom stereocenters. The van der Waals surface area contributed by atoms with Crippen LogP contribution in [0.2, 0.25) is 0 Å². The van der Waals surface area contributed by atoms with E-state index in [1.807, 2.05) is 12.3 Å². The van der Waals surface area contributed by atoms with Gasteiger partial charge in [-0.15, -0.1) is 11.3 Å². The third kappa shape index (κ3) is 4.03. The van der Waals surface area contributed by atoms with Crippen LogP contribution in [0.1, 0.15) is 52.4 Å². The Balaban J connectivity index is 1.69. The summed E-state index contributed by atoms with van der Waals surface area (Å²) in [7, 11) is 0. The summed E-state index contributed by atoms with van der Waals surface area (Å²) in [5, 5.41) is 3.95. The van der Waals surface area contributed by atoms with E-state index < -0.39 is 0 Å². The van der Waals surface area contributed by atoms with Gasteiger partial charge in [0.2, 0.25) is 0 Å². The Morgan fingerprint density at radius 2 is 2.14 bits per heavy atom. The van der Waals surface area contributed by atoms with Crippen LogP contribution < -0.4 is 5.32 Å². The van der Waals surface area contributed by atoms with Crippen LogP contribution in [-0.4, -0.2) is 28.9 Å². The first kappa shape index (κ1) is 18.9. The summed E-state index contributed by atoms with van der Waals surface area (Å²) in [5.74, 6) is 0.861. The molecule has 0 unspecified atom stereocenters. The Morgan fingerprint density at radius 3 is 2.82 bits per heavy atom. The predicted octanol–water partition coefficient (Wildman–Crippen LogP) is 5.12. The highest BCUT2D eigenvalue weighted by atomic mass is 32.1. The van der Waals surface area contributed by atoms with Crippen molar-refractivity contribution in [1.82, 2.24) is 9.88 Å². The molecule has 1 aliphatic heterocycles. The van der Waals surface area contributed by atoms with Crippen molar-refractivity contribution >= 4 is 22.2 Å². The molecule has 3 aromatic heterocycles. The number of hydrogen-bond donors (Lipinski definition) is 1. The molecule has 5 nitrogen and oxygen atoms in total. The van der Waals surface area contributed by atoms with Gasteiger partial charge in [-0.2, -0.15) is 0 Å². The maximum absolute atomic E-state index is 12.6. The van der Waals surface area contributed by atoms with Gasteiger partial charge in [0.1, 0.15) is 5.00 Å². The smallest absolute Gasteiger partial charge is 0.291 e. The van der Waals surface area contributed by atoms with Crippen molar-refractivity contribution in [2.45, 2.75) is 32.7 Å². The molecule has 0 spiro atoms. The molecular formula is C22H25N3O2S. The molecule has 28 heavy (non-hydrogen) atoms. The number of nitrogens with one attached hydrogen (secondary N) is 1. The summed E-state index contributed by atoms with van der Waals surface area (Å²) in [6.45, 7) is 6.48. The normalized spacial score (nSPS) is 16.8. The number of nitrogens with zero attached hydrogens (tertiary/aromatic N) is 2. The summed E-state index contributed by atoms with van der Waals surface area (Å²) >= 11 is 1.61. The number of thiophene rings is 1. The number of carbonyl (C=O) groups is 1. The molecule has 0 aromatic carbocycles. The minimum atomic E-state index is -0.217. The third-order valence-electron chi connectivity index (χ3n) is 5.33. The van der Waals surface area contributed by atoms with Crippen LogP contribution in [-0.2, 0) is 0 Å². The first-order valence-corrected chi connectivity index (χ1v) is 10.5. The number of likely N-dealkylation sites (tertiary alicyclic amines) is 1.